The summed E-state index contributed by atoms with van der Waals surface area (Å²) in [6.45, 7) is 4.76. The molecule has 3 aliphatic rings. The molecule has 1 unspecified atom stereocenters. The summed E-state index contributed by atoms with van der Waals surface area (Å²) < 4.78 is 1.84. The minimum atomic E-state index is -0.0256. The van der Waals surface area contributed by atoms with Crippen LogP contribution in [0.15, 0.2) is 54.6 Å². The van der Waals surface area contributed by atoms with Crippen molar-refractivity contribution in [1.29, 1.82) is 0 Å². The minimum Gasteiger partial charge on any atom is -0.337 e. The monoisotopic (exact) mass is 497 g/mol. The van der Waals surface area contributed by atoms with Crippen LogP contribution in [-0.2, 0) is 37.8 Å². The molecule has 1 atom stereocenters. The molecule has 37 heavy (non-hydrogen) atoms. The number of likely N-dealkylation sites (tertiary alicyclic amines) is 1. The van der Waals surface area contributed by atoms with E-state index in [0.29, 0.717) is 44.3 Å². The van der Waals surface area contributed by atoms with E-state index in [9.17, 15) is 9.59 Å². The summed E-state index contributed by atoms with van der Waals surface area (Å²) in [6, 6.07) is 19.0. The molecule has 2 amide bonds. The Labute approximate surface area is 218 Å². The highest BCUT2D eigenvalue weighted by Crippen LogP contribution is 2.28. The summed E-state index contributed by atoms with van der Waals surface area (Å²) >= 11 is 0. The Balaban J connectivity index is 1.14. The van der Waals surface area contributed by atoms with Gasteiger partial charge in [0.05, 0.1) is 6.54 Å². The third-order valence-corrected chi connectivity index (χ3v) is 8.35. The van der Waals surface area contributed by atoms with Gasteiger partial charge in [-0.05, 0) is 48.4 Å². The summed E-state index contributed by atoms with van der Waals surface area (Å²) in [7, 11) is 1.91. The topological polar surface area (TPSA) is 61.7 Å². The van der Waals surface area contributed by atoms with Crippen LogP contribution >= 0.6 is 0 Å². The Morgan fingerprint density at radius 1 is 0.892 bits per heavy atom. The molecule has 4 heterocycles. The molecule has 1 fully saturated rings. The van der Waals surface area contributed by atoms with E-state index in [1.807, 2.05) is 27.6 Å². The van der Waals surface area contributed by atoms with Gasteiger partial charge in [-0.25, -0.2) is 0 Å². The number of hydrogen-bond donors (Lipinski definition) is 0. The van der Waals surface area contributed by atoms with Crippen molar-refractivity contribution < 1.29 is 9.59 Å². The number of fused-ring (bicyclic) bond motifs is 2. The average molecular weight is 498 g/mol. The summed E-state index contributed by atoms with van der Waals surface area (Å²) in [5.41, 5.74) is 6.40. The molecule has 3 aliphatic heterocycles. The highest BCUT2D eigenvalue weighted by molar-refractivity contribution is 5.94. The van der Waals surface area contributed by atoms with Gasteiger partial charge in [-0.2, -0.15) is 5.10 Å². The lowest BCUT2D eigenvalue weighted by molar-refractivity contribution is -0.133. The summed E-state index contributed by atoms with van der Waals surface area (Å²) in [4.78, 5) is 33.1. The zero-order valence-corrected chi connectivity index (χ0v) is 21.6. The number of piperidine rings is 1. The molecule has 0 bridgehead atoms. The van der Waals surface area contributed by atoms with Crippen molar-refractivity contribution in [1.82, 2.24) is 24.5 Å². The Morgan fingerprint density at radius 3 is 2.49 bits per heavy atom. The lowest BCUT2D eigenvalue weighted by Gasteiger charge is -2.35. The Bertz CT molecular complexity index is 1300. The standard InChI is InChI=1S/C30H35N5O2/c1-32-27-14-17-34(28(36)21-33-15-7-12-24(18-33)22-8-3-2-4-9-22)20-26(27)29(31-32)30(37)35-16-13-23-10-5-6-11-25(23)19-35/h2-6,8-11,24H,7,12-21H2,1H3. The lowest BCUT2D eigenvalue weighted by Crippen LogP contribution is -2.45. The van der Waals surface area contributed by atoms with Gasteiger partial charge in [0.15, 0.2) is 5.69 Å². The van der Waals surface area contributed by atoms with Gasteiger partial charge in [-0.15, -0.1) is 0 Å². The van der Waals surface area contributed by atoms with Crippen LogP contribution in [0.5, 0.6) is 0 Å². The first-order valence-corrected chi connectivity index (χ1v) is 13.5. The van der Waals surface area contributed by atoms with Gasteiger partial charge in [0.1, 0.15) is 0 Å². The van der Waals surface area contributed by atoms with E-state index in [0.717, 1.165) is 43.6 Å². The fourth-order valence-electron chi connectivity index (χ4n) is 6.28. The second kappa shape index (κ2) is 10.1. The van der Waals surface area contributed by atoms with Gasteiger partial charge in [-0.1, -0.05) is 54.6 Å². The number of benzene rings is 2. The van der Waals surface area contributed by atoms with Crippen molar-refractivity contribution in [3.63, 3.8) is 0 Å². The van der Waals surface area contributed by atoms with E-state index in [1.54, 1.807) is 0 Å². The molecule has 7 heteroatoms. The SMILES string of the molecule is Cn1nc(C(=O)N2CCc3ccccc3C2)c2c1CCN(C(=O)CN1CCCC(c3ccccc3)C1)C2. The van der Waals surface area contributed by atoms with Gasteiger partial charge in [-0.3, -0.25) is 19.2 Å². The third-order valence-electron chi connectivity index (χ3n) is 8.35. The molecule has 6 rings (SSSR count). The Kier molecular flexibility index (Phi) is 6.55. The normalized spacial score (nSPS) is 19.9. The van der Waals surface area contributed by atoms with Crippen LogP contribution in [0.2, 0.25) is 0 Å². The van der Waals surface area contributed by atoms with Crippen molar-refractivity contribution in [3.8, 4) is 0 Å². The molecule has 7 nitrogen and oxygen atoms in total. The lowest BCUT2D eigenvalue weighted by atomic mass is 9.90. The number of carbonyl (C=O) groups is 2. The van der Waals surface area contributed by atoms with Crippen LogP contribution in [0.3, 0.4) is 0 Å². The first-order chi connectivity index (χ1) is 18.1. The van der Waals surface area contributed by atoms with Gasteiger partial charge >= 0.3 is 0 Å². The Hall–Kier alpha value is -3.45. The molecule has 0 aliphatic carbocycles. The number of carbonyl (C=O) groups excluding carboxylic acids is 2. The fourth-order valence-corrected chi connectivity index (χ4v) is 6.28. The molecule has 0 radical (unpaired) electrons. The Morgan fingerprint density at radius 2 is 1.65 bits per heavy atom. The van der Waals surface area contributed by atoms with E-state index in [1.165, 1.54) is 23.1 Å². The number of aromatic nitrogens is 2. The van der Waals surface area contributed by atoms with Crippen molar-refractivity contribution in [3.05, 3.63) is 88.2 Å². The van der Waals surface area contributed by atoms with E-state index in [4.69, 9.17) is 0 Å². The molecule has 2 aromatic carbocycles. The van der Waals surface area contributed by atoms with Gasteiger partial charge in [0, 0.05) is 57.4 Å². The van der Waals surface area contributed by atoms with Crippen LogP contribution < -0.4 is 0 Å². The maximum absolute atomic E-state index is 13.6. The summed E-state index contributed by atoms with van der Waals surface area (Å²) in [6.07, 6.45) is 3.87. The van der Waals surface area contributed by atoms with Gasteiger partial charge in [0.2, 0.25) is 5.91 Å². The summed E-state index contributed by atoms with van der Waals surface area (Å²) in [5.74, 6) is 0.601. The van der Waals surface area contributed by atoms with Crippen LogP contribution in [0.4, 0.5) is 0 Å². The van der Waals surface area contributed by atoms with Crippen LogP contribution in [0.1, 0.15) is 57.2 Å². The fraction of sp³-hybridized carbons (Fsp3) is 0.433. The van der Waals surface area contributed by atoms with Crippen molar-refractivity contribution in [2.45, 2.75) is 44.7 Å². The van der Waals surface area contributed by atoms with Gasteiger partial charge in [0.25, 0.3) is 5.91 Å². The van der Waals surface area contributed by atoms with E-state index >= 15 is 0 Å². The predicted molar refractivity (Wildman–Crippen MR) is 142 cm³/mol. The summed E-state index contributed by atoms with van der Waals surface area (Å²) in [5, 5.41) is 4.65. The molecule has 3 aromatic rings. The maximum Gasteiger partial charge on any atom is 0.275 e. The van der Waals surface area contributed by atoms with Crippen LogP contribution in [0, 0.1) is 0 Å². The smallest absolute Gasteiger partial charge is 0.275 e. The second-order valence-electron chi connectivity index (χ2n) is 10.7. The molecule has 1 aromatic heterocycles. The number of rotatable bonds is 4. The number of amides is 2. The molecule has 1 saturated heterocycles. The largest absolute Gasteiger partial charge is 0.337 e. The minimum absolute atomic E-state index is 0.0256. The number of aryl methyl sites for hydroxylation is 1. The van der Waals surface area contributed by atoms with Crippen molar-refractivity contribution >= 4 is 11.8 Å². The quantitative estimate of drug-likeness (QED) is 0.555. The molecular formula is C30H35N5O2. The van der Waals surface area contributed by atoms with E-state index < -0.39 is 0 Å². The third kappa shape index (κ3) is 4.80. The van der Waals surface area contributed by atoms with Crippen LogP contribution in [-0.4, -0.2) is 69.0 Å². The molecule has 0 N–H and O–H groups in total. The first kappa shape index (κ1) is 23.9. The number of nitrogens with zero attached hydrogens (tertiary/aromatic N) is 5. The second-order valence-corrected chi connectivity index (χ2v) is 10.7. The van der Waals surface area contributed by atoms with E-state index in [2.05, 4.69) is 58.5 Å². The highest BCUT2D eigenvalue weighted by Gasteiger charge is 2.33. The molecule has 192 valence electrons. The number of hydrogen-bond acceptors (Lipinski definition) is 4. The first-order valence-electron chi connectivity index (χ1n) is 13.5. The van der Waals surface area contributed by atoms with Crippen molar-refractivity contribution in [2.24, 2.45) is 7.05 Å². The maximum atomic E-state index is 13.6. The molecule has 0 saturated carbocycles. The predicted octanol–water partition coefficient (Wildman–Crippen LogP) is 3.38. The van der Waals surface area contributed by atoms with Crippen molar-refractivity contribution in [2.75, 3.05) is 32.7 Å². The molecular weight excluding hydrogens is 462 g/mol. The molecule has 0 spiro atoms. The zero-order valence-electron chi connectivity index (χ0n) is 21.6. The highest BCUT2D eigenvalue weighted by atomic mass is 16.2. The zero-order chi connectivity index (χ0) is 25.4. The van der Waals surface area contributed by atoms with E-state index in [-0.39, 0.29) is 11.8 Å². The van der Waals surface area contributed by atoms with Crippen LogP contribution in [0.25, 0.3) is 0 Å². The van der Waals surface area contributed by atoms with Gasteiger partial charge < -0.3 is 9.80 Å². The average Bonchev–Trinajstić information content (AvgIpc) is 3.28.